The number of nitrogens with zero attached hydrogens (tertiary/aromatic N) is 4. The number of carbonyl (C=O) groups is 1. The fraction of sp³-hybridized carbons (Fsp3) is 0.538. The average Bonchev–Trinajstić information content (AvgIpc) is 3.09. The predicted molar refractivity (Wildman–Crippen MR) is 82.5 cm³/mol. The molecule has 7 nitrogen and oxygen atoms in total. The number of thiazole rings is 1. The van der Waals surface area contributed by atoms with Crippen molar-refractivity contribution in [2.75, 3.05) is 5.32 Å². The van der Waals surface area contributed by atoms with E-state index >= 15 is 0 Å². The van der Waals surface area contributed by atoms with Crippen LogP contribution in [0.2, 0.25) is 0 Å². The largest absolute Gasteiger partial charge is 0.333 e. The Morgan fingerprint density at radius 3 is 2.95 bits per heavy atom. The van der Waals surface area contributed by atoms with Gasteiger partial charge in [0.2, 0.25) is 0 Å². The van der Waals surface area contributed by atoms with E-state index in [0.29, 0.717) is 17.6 Å². The molecular formula is C13H20N6OS. The van der Waals surface area contributed by atoms with E-state index in [4.69, 9.17) is 0 Å². The van der Waals surface area contributed by atoms with Gasteiger partial charge in [0.25, 0.3) is 0 Å². The molecule has 0 spiro atoms. The number of rotatable bonds is 6. The third kappa shape index (κ3) is 4.52. The van der Waals surface area contributed by atoms with Crippen molar-refractivity contribution in [3.05, 3.63) is 23.7 Å². The van der Waals surface area contributed by atoms with Gasteiger partial charge >= 0.3 is 6.03 Å². The van der Waals surface area contributed by atoms with Gasteiger partial charge in [-0.3, -0.25) is 10.00 Å². The second-order valence-corrected chi connectivity index (χ2v) is 5.86. The molecule has 0 aliphatic rings. The standard InChI is InChI=1S/C13H20N6OS/c1-4-9(2)11-6-21-13(17-11)18-12(20)16-10(3)5-19-8-14-7-15-19/h6-10H,4-5H2,1-3H3,(H2,16,17,18,20)/t9-,10-/m0/s1. The summed E-state index contributed by atoms with van der Waals surface area (Å²) in [7, 11) is 0. The predicted octanol–water partition coefficient (Wildman–Crippen LogP) is 2.46. The molecule has 0 saturated heterocycles. The Bertz CT molecular complexity index is 567. The van der Waals surface area contributed by atoms with E-state index in [1.54, 1.807) is 11.0 Å². The van der Waals surface area contributed by atoms with Crippen LogP contribution < -0.4 is 10.6 Å². The van der Waals surface area contributed by atoms with Crippen molar-refractivity contribution in [3.63, 3.8) is 0 Å². The van der Waals surface area contributed by atoms with E-state index in [9.17, 15) is 4.79 Å². The lowest BCUT2D eigenvalue weighted by atomic mass is 10.1. The molecule has 2 aromatic rings. The summed E-state index contributed by atoms with van der Waals surface area (Å²) >= 11 is 1.44. The Morgan fingerprint density at radius 1 is 1.48 bits per heavy atom. The Kier molecular flexibility index (Phi) is 5.26. The molecule has 2 rings (SSSR count). The third-order valence-electron chi connectivity index (χ3n) is 3.16. The molecule has 2 N–H and O–H groups in total. The van der Waals surface area contributed by atoms with E-state index in [2.05, 4.69) is 39.5 Å². The van der Waals surface area contributed by atoms with Crippen molar-refractivity contribution in [1.82, 2.24) is 25.1 Å². The second kappa shape index (κ2) is 7.16. The lowest BCUT2D eigenvalue weighted by Gasteiger charge is -2.13. The van der Waals surface area contributed by atoms with E-state index in [1.165, 1.54) is 17.7 Å². The van der Waals surface area contributed by atoms with Gasteiger partial charge in [-0.1, -0.05) is 13.8 Å². The molecule has 8 heteroatoms. The summed E-state index contributed by atoms with van der Waals surface area (Å²) in [5.74, 6) is 0.408. The van der Waals surface area contributed by atoms with Crippen LogP contribution in [0.4, 0.5) is 9.93 Å². The smallest absolute Gasteiger partial charge is 0.321 e. The maximum absolute atomic E-state index is 11.9. The van der Waals surface area contributed by atoms with Crippen LogP contribution in [-0.4, -0.2) is 31.8 Å². The van der Waals surface area contributed by atoms with E-state index in [-0.39, 0.29) is 12.1 Å². The normalized spacial score (nSPS) is 13.7. The van der Waals surface area contributed by atoms with Crippen molar-refractivity contribution in [2.24, 2.45) is 0 Å². The number of urea groups is 1. The summed E-state index contributed by atoms with van der Waals surface area (Å²) in [5, 5.41) is 12.2. The van der Waals surface area contributed by atoms with E-state index in [1.807, 2.05) is 12.3 Å². The van der Waals surface area contributed by atoms with Gasteiger partial charge in [0, 0.05) is 11.4 Å². The zero-order valence-electron chi connectivity index (χ0n) is 12.4. The van der Waals surface area contributed by atoms with Crippen molar-refractivity contribution in [3.8, 4) is 0 Å². The summed E-state index contributed by atoms with van der Waals surface area (Å²) in [6.45, 7) is 6.73. The minimum absolute atomic E-state index is 0.0549. The highest BCUT2D eigenvalue weighted by atomic mass is 32.1. The fourth-order valence-electron chi connectivity index (χ4n) is 1.79. The van der Waals surface area contributed by atoms with Crippen LogP contribution in [0.1, 0.15) is 38.8 Å². The number of hydrogen-bond donors (Lipinski definition) is 2. The van der Waals surface area contributed by atoms with Gasteiger partial charge < -0.3 is 5.32 Å². The molecule has 0 unspecified atom stereocenters. The first kappa shape index (κ1) is 15.4. The van der Waals surface area contributed by atoms with Crippen LogP contribution in [0.5, 0.6) is 0 Å². The van der Waals surface area contributed by atoms with Crippen molar-refractivity contribution in [2.45, 2.75) is 45.7 Å². The molecule has 0 aliphatic carbocycles. The third-order valence-corrected chi connectivity index (χ3v) is 3.94. The SMILES string of the molecule is CC[C@H](C)c1csc(NC(=O)N[C@@H](C)Cn2cncn2)n1. The van der Waals surface area contributed by atoms with Gasteiger partial charge in [-0.15, -0.1) is 11.3 Å². The molecule has 0 bridgehead atoms. The van der Waals surface area contributed by atoms with Gasteiger partial charge in [-0.2, -0.15) is 5.10 Å². The number of hydrogen-bond acceptors (Lipinski definition) is 5. The quantitative estimate of drug-likeness (QED) is 0.858. The lowest BCUT2D eigenvalue weighted by Crippen LogP contribution is -2.38. The minimum atomic E-state index is -0.257. The van der Waals surface area contributed by atoms with Gasteiger partial charge in [-0.05, 0) is 19.3 Å². The maximum atomic E-state index is 11.9. The Labute approximate surface area is 127 Å². The summed E-state index contributed by atoms with van der Waals surface area (Å²) in [6.07, 6.45) is 4.12. The number of nitrogens with one attached hydrogen (secondary N) is 2. The molecule has 0 aromatic carbocycles. The minimum Gasteiger partial charge on any atom is -0.333 e. The van der Waals surface area contributed by atoms with E-state index < -0.39 is 0 Å². The van der Waals surface area contributed by atoms with E-state index in [0.717, 1.165) is 12.1 Å². The first-order valence-corrected chi connectivity index (χ1v) is 7.81. The Morgan fingerprint density at radius 2 is 2.29 bits per heavy atom. The first-order valence-electron chi connectivity index (χ1n) is 6.93. The molecular weight excluding hydrogens is 288 g/mol. The van der Waals surface area contributed by atoms with Gasteiger partial charge in [0.1, 0.15) is 12.7 Å². The highest BCUT2D eigenvalue weighted by Crippen LogP contribution is 2.23. The highest BCUT2D eigenvalue weighted by Gasteiger charge is 2.12. The summed E-state index contributed by atoms with van der Waals surface area (Å²) in [4.78, 5) is 20.2. The summed E-state index contributed by atoms with van der Waals surface area (Å²) < 4.78 is 1.68. The van der Waals surface area contributed by atoms with Crippen LogP contribution in [0.3, 0.4) is 0 Å². The zero-order valence-corrected chi connectivity index (χ0v) is 13.2. The highest BCUT2D eigenvalue weighted by molar-refractivity contribution is 7.13. The number of anilines is 1. The molecule has 2 atom stereocenters. The average molecular weight is 308 g/mol. The second-order valence-electron chi connectivity index (χ2n) is 5.00. The first-order chi connectivity index (χ1) is 10.1. The molecule has 0 fully saturated rings. The number of amides is 2. The molecule has 0 radical (unpaired) electrons. The van der Waals surface area contributed by atoms with Crippen molar-refractivity contribution < 1.29 is 4.79 Å². The molecule has 21 heavy (non-hydrogen) atoms. The lowest BCUT2D eigenvalue weighted by molar-refractivity contribution is 0.247. The van der Waals surface area contributed by atoms with Crippen molar-refractivity contribution in [1.29, 1.82) is 0 Å². The van der Waals surface area contributed by atoms with Crippen LogP contribution in [0, 0.1) is 0 Å². The van der Waals surface area contributed by atoms with Crippen LogP contribution in [0.15, 0.2) is 18.0 Å². The summed E-state index contributed by atoms with van der Waals surface area (Å²) in [6, 6.07) is -0.312. The maximum Gasteiger partial charge on any atom is 0.321 e. The number of carbonyl (C=O) groups excluding carboxylic acids is 1. The van der Waals surface area contributed by atoms with Gasteiger partial charge in [-0.25, -0.2) is 14.8 Å². The van der Waals surface area contributed by atoms with Crippen molar-refractivity contribution >= 4 is 22.5 Å². The molecule has 2 amide bonds. The molecule has 0 saturated carbocycles. The molecule has 2 heterocycles. The summed E-state index contributed by atoms with van der Waals surface area (Å²) in [5.41, 5.74) is 1.02. The van der Waals surface area contributed by atoms with Gasteiger partial charge in [0.15, 0.2) is 5.13 Å². The van der Waals surface area contributed by atoms with Crippen LogP contribution >= 0.6 is 11.3 Å². The van der Waals surface area contributed by atoms with Crippen LogP contribution in [0.25, 0.3) is 0 Å². The molecule has 2 aromatic heterocycles. The monoisotopic (exact) mass is 308 g/mol. The molecule has 114 valence electrons. The fourth-order valence-corrected chi connectivity index (χ4v) is 2.62. The zero-order chi connectivity index (χ0) is 15.2. The molecule has 0 aliphatic heterocycles. The van der Waals surface area contributed by atoms with Crippen LogP contribution in [-0.2, 0) is 6.54 Å². The Hall–Kier alpha value is -1.96. The Balaban J connectivity index is 1.82. The van der Waals surface area contributed by atoms with Gasteiger partial charge in [0.05, 0.1) is 12.2 Å². The topological polar surface area (TPSA) is 84.7 Å². The number of aromatic nitrogens is 4.